The fourth-order valence-electron chi connectivity index (χ4n) is 5.65. The fourth-order valence-corrected chi connectivity index (χ4v) is 5.65. The Bertz CT molecular complexity index is 1510. The molecule has 1 fully saturated rings. The minimum absolute atomic E-state index is 0.0542. The molecule has 1 saturated carbocycles. The highest BCUT2D eigenvalue weighted by Crippen LogP contribution is 2.32. The maximum Gasteiger partial charge on any atom is 0.247 e. The van der Waals surface area contributed by atoms with E-state index in [1.807, 2.05) is 49.4 Å². The van der Waals surface area contributed by atoms with Gasteiger partial charge in [-0.2, -0.15) is 0 Å². The van der Waals surface area contributed by atoms with E-state index in [0.717, 1.165) is 48.7 Å². The molecule has 0 aliphatic heterocycles. The van der Waals surface area contributed by atoms with Crippen molar-refractivity contribution in [1.82, 2.24) is 25.2 Å². The Morgan fingerprint density at radius 2 is 1.88 bits per heavy atom. The smallest absolute Gasteiger partial charge is 0.247 e. The number of amides is 2. The zero-order valence-corrected chi connectivity index (χ0v) is 23.6. The molecule has 1 aliphatic carbocycles. The number of hydrogen-bond donors (Lipinski definition) is 2. The third kappa shape index (κ3) is 6.67. The summed E-state index contributed by atoms with van der Waals surface area (Å²) in [6, 6.07) is 19.6. The molecule has 41 heavy (non-hydrogen) atoms. The second-order valence-electron chi connectivity index (χ2n) is 10.7. The number of ether oxygens (including phenoxy) is 1. The number of aryl methyl sites for hydroxylation is 1. The van der Waals surface area contributed by atoms with Gasteiger partial charge in [0.2, 0.25) is 11.8 Å². The molecule has 9 nitrogen and oxygen atoms in total. The van der Waals surface area contributed by atoms with Crippen LogP contribution in [0.3, 0.4) is 0 Å². The molecule has 1 aromatic heterocycles. The van der Waals surface area contributed by atoms with Gasteiger partial charge < -0.3 is 20.1 Å². The lowest BCUT2D eigenvalue weighted by molar-refractivity contribution is -0.141. The summed E-state index contributed by atoms with van der Waals surface area (Å²) < 4.78 is 6.82. The minimum Gasteiger partial charge on any atom is -0.504 e. The molecular weight excluding hydrogens is 518 g/mol. The van der Waals surface area contributed by atoms with E-state index >= 15 is 0 Å². The quantitative estimate of drug-likeness (QED) is 0.293. The van der Waals surface area contributed by atoms with Crippen LogP contribution in [-0.2, 0) is 22.6 Å². The first-order valence-corrected chi connectivity index (χ1v) is 14.2. The van der Waals surface area contributed by atoms with Gasteiger partial charge in [-0.1, -0.05) is 72.5 Å². The number of carbonyl (C=O) groups is 2. The number of phenolic OH excluding ortho intramolecular Hbond substituents is 1. The van der Waals surface area contributed by atoms with Gasteiger partial charge in [0.1, 0.15) is 18.1 Å². The molecule has 214 valence electrons. The first kappa shape index (κ1) is 28.1. The first-order valence-electron chi connectivity index (χ1n) is 14.2. The van der Waals surface area contributed by atoms with E-state index in [4.69, 9.17) is 4.74 Å². The normalized spacial score (nSPS) is 14.5. The Morgan fingerprint density at radius 1 is 1.07 bits per heavy atom. The Morgan fingerprint density at radius 3 is 2.63 bits per heavy atom. The van der Waals surface area contributed by atoms with Gasteiger partial charge in [-0.05, 0) is 61.6 Å². The molecular formula is C32H37N5O4. The molecule has 1 unspecified atom stereocenters. The Kier molecular flexibility index (Phi) is 8.82. The van der Waals surface area contributed by atoms with Crippen molar-refractivity contribution in [2.45, 2.75) is 64.1 Å². The van der Waals surface area contributed by atoms with Crippen LogP contribution in [0.15, 0.2) is 66.7 Å². The number of aromatic nitrogens is 3. The molecule has 1 atom stereocenters. The average molecular weight is 556 g/mol. The molecule has 0 radical (unpaired) electrons. The molecule has 2 amide bonds. The average Bonchev–Trinajstić information content (AvgIpc) is 3.38. The number of fused-ring (bicyclic) bond motifs is 1. The first-order chi connectivity index (χ1) is 19.9. The zero-order valence-electron chi connectivity index (χ0n) is 23.6. The van der Waals surface area contributed by atoms with Gasteiger partial charge in [0.05, 0.1) is 12.6 Å². The van der Waals surface area contributed by atoms with Crippen molar-refractivity contribution in [3.05, 3.63) is 83.4 Å². The molecule has 2 N–H and O–H groups in total. The summed E-state index contributed by atoms with van der Waals surface area (Å²) in [5.41, 5.74) is 4.14. The van der Waals surface area contributed by atoms with E-state index < -0.39 is 6.04 Å². The van der Waals surface area contributed by atoms with Gasteiger partial charge in [-0.15, -0.1) is 5.10 Å². The lowest BCUT2D eigenvalue weighted by Crippen LogP contribution is -2.48. The highest BCUT2D eigenvalue weighted by molar-refractivity contribution is 5.89. The highest BCUT2D eigenvalue weighted by Gasteiger charge is 2.33. The number of aromatic hydroxyl groups is 1. The van der Waals surface area contributed by atoms with E-state index in [2.05, 4.69) is 21.7 Å². The predicted molar refractivity (Wildman–Crippen MR) is 157 cm³/mol. The number of nitrogens with one attached hydrogen (secondary N) is 1. The second-order valence-corrected chi connectivity index (χ2v) is 10.7. The Labute approximate surface area is 240 Å². The van der Waals surface area contributed by atoms with E-state index in [-0.39, 0.29) is 30.2 Å². The van der Waals surface area contributed by atoms with Crippen LogP contribution in [0.5, 0.6) is 11.5 Å². The lowest BCUT2D eigenvalue weighted by atomic mass is 9.94. The number of hydrogen-bond acceptors (Lipinski definition) is 6. The van der Waals surface area contributed by atoms with Crippen LogP contribution in [-0.4, -0.2) is 56.5 Å². The molecule has 0 saturated heterocycles. The van der Waals surface area contributed by atoms with Gasteiger partial charge >= 0.3 is 0 Å². The predicted octanol–water partition coefficient (Wildman–Crippen LogP) is 4.72. The van der Waals surface area contributed by atoms with Crippen LogP contribution in [0, 0.1) is 6.92 Å². The number of carbonyl (C=O) groups excluding carboxylic acids is 2. The van der Waals surface area contributed by atoms with Crippen LogP contribution in [0.4, 0.5) is 0 Å². The van der Waals surface area contributed by atoms with Crippen LogP contribution in [0.2, 0.25) is 0 Å². The summed E-state index contributed by atoms with van der Waals surface area (Å²) in [6.07, 6.45) is 5.67. The monoisotopic (exact) mass is 555 g/mol. The summed E-state index contributed by atoms with van der Waals surface area (Å²) in [5, 5.41) is 22.3. The third-order valence-corrected chi connectivity index (χ3v) is 7.78. The summed E-state index contributed by atoms with van der Waals surface area (Å²) in [7, 11) is 1.47. The maximum absolute atomic E-state index is 14.1. The largest absolute Gasteiger partial charge is 0.504 e. The van der Waals surface area contributed by atoms with Gasteiger partial charge in [0, 0.05) is 12.6 Å². The third-order valence-electron chi connectivity index (χ3n) is 7.78. The molecule has 0 bridgehead atoms. The lowest BCUT2D eigenvalue weighted by Gasteiger charge is -2.33. The van der Waals surface area contributed by atoms with Gasteiger partial charge in [-0.25, -0.2) is 4.68 Å². The molecule has 4 aromatic rings. The fraction of sp³-hybridized carbons (Fsp3) is 0.375. The number of rotatable bonds is 10. The SMILES string of the molecule is COc1ccc(C(C(=O)NC2CCCCC2)N(CCc2cccc(C)c2)C(=O)Cn2nnc3ccccc32)cc1O. The number of nitrogens with zero attached hydrogens (tertiary/aromatic N) is 4. The minimum atomic E-state index is -0.958. The van der Waals surface area contributed by atoms with Crippen molar-refractivity contribution >= 4 is 22.8 Å². The summed E-state index contributed by atoms with van der Waals surface area (Å²) in [5.74, 6) is -0.323. The van der Waals surface area contributed by atoms with Crippen molar-refractivity contribution in [2.24, 2.45) is 0 Å². The maximum atomic E-state index is 14.1. The zero-order chi connectivity index (χ0) is 28.8. The van der Waals surface area contributed by atoms with Crippen LogP contribution >= 0.6 is 0 Å². The molecule has 5 rings (SSSR count). The van der Waals surface area contributed by atoms with Gasteiger partial charge in [0.25, 0.3) is 0 Å². The van der Waals surface area contributed by atoms with E-state index in [0.29, 0.717) is 29.8 Å². The molecule has 1 aliphatic rings. The molecule has 9 heteroatoms. The topological polar surface area (TPSA) is 110 Å². The van der Waals surface area contributed by atoms with Gasteiger partial charge in [-0.3, -0.25) is 9.59 Å². The Balaban J connectivity index is 1.51. The van der Waals surface area contributed by atoms with Crippen molar-refractivity contribution in [3.63, 3.8) is 0 Å². The van der Waals surface area contributed by atoms with Crippen LogP contribution in [0.1, 0.15) is 54.8 Å². The molecule has 1 heterocycles. The molecule has 3 aromatic carbocycles. The van der Waals surface area contributed by atoms with Crippen molar-refractivity contribution in [3.8, 4) is 11.5 Å². The van der Waals surface area contributed by atoms with Gasteiger partial charge in [0.15, 0.2) is 11.5 Å². The highest BCUT2D eigenvalue weighted by atomic mass is 16.5. The number of benzene rings is 3. The van der Waals surface area contributed by atoms with E-state index in [1.165, 1.54) is 13.2 Å². The summed E-state index contributed by atoms with van der Waals surface area (Å²) >= 11 is 0. The Hall–Kier alpha value is -4.40. The summed E-state index contributed by atoms with van der Waals surface area (Å²) in [6.45, 7) is 2.25. The standard InChI is InChI=1S/C32H37N5O4/c1-22-9-8-10-23(19-22)17-18-36(30(39)21-37-27-14-7-6-13-26(27)34-35-37)31(24-15-16-29(41-2)28(38)20-24)32(40)33-25-11-4-3-5-12-25/h6-10,13-16,19-20,25,31,38H,3-5,11-12,17-18,21H2,1-2H3,(H,33,40). The van der Waals surface area contributed by atoms with Crippen molar-refractivity contribution < 1.29 is 19.4 Å². The number of para-hydroxylation sites is 1. The van der Waals surface area contributed by atoms with E-state index in [1.54, 1.807) is 21.7 Å². The molecule has 0 spiro atoms. The number of phenols is 1. The number of methoxy groups -OCH3 is 1. The van der Waals surface area contributed by atoms with Crippen molar-refractivity contribution in [2.75, 3.05) is 13.7 Å². The van der Waals surface area contributed by atoms with Crippen LogP contribution < -0.4 is 10.1 Å². The summed E-state index contributed by atoms with van der Waals surface area (Å²) in [4.78, 5) is 29.8. The second kappa shape index (κ2) is 12.8. The van der Waals surface area contributed by atoms with Crippen molar-refractivity contribution in [1.29, 1.82) is 0 Å². The van der Waals surface area contributed by atoms with Crippen LogP contribution in [0.25, 0.3) is 11.0 Å². The van der Waals surface area contributed by atoms with E-state index in [9.17, 15) is 14.7 Å².